The van der Waals surface area contributed by atoms with Crippen molar-refractivity contribution in [1.29, 1.82) is 5.26 Å². The van der Waals surface area contributed by atoms with E-state index in [1.54, 1.807) is 0 Å². The Morgan fingerprint density at radius 2 is 1.81 bits per heavy atom. The minimum atomic E-state index is -0.491. The summed E-state index contributed by atoms with van der Waals surface area (Å²) in [6, 6.07) is 1.89. The monoisotopic (exact) mass is 441 g/mol. The van der Waals surface area contributed by atoms with Crippen LogP contribution in [0.15, 0.2) is 4.79 Å². The molecular formula is C24H35N5O3. The van der Waals surface area contributed by atoms with E-state index in [-0.39, 0.29) is 30.2 Å². The maximum absolute atomic E-state index is 13.3. The summed E-state index contributed by atoms with van der Waals surface area (Å²) in [7, 11) is 0. The highest BCUT2D eigenvalue weighted by Gasteiger charge is 2.58. The number of tetrazole rings is 1. The molecule has 0 aromatic carbocycles. The first-order valence-electron chi connectivity index (χ1n) is 12.4. The largest absolute Gasteiger partial charge is 0.390 e. The molecular weight excluding hydrogens is 406 g/mol. The third-order valence-electron chi connectivity index (χ3n) is 9.85. The number of aliphatic hydroxyl groups is 1. The van der Waals surface area contributed by atoms with Crippen molar-refractivity contribution in [2.45, 2.75) is 90.3 Å². The molecule has 4 aliphatic carbocycles. The van der Waals surface area contributed by atoms with Gasteiger partial charge in [-0.25, -0.2) is 4.79 Å². The predicted octanol–water partition coefficient (Wildman–Crippen LogP) is 2.55. The van der Waals surface area contributed by atoms with Crippen LogP contribution in [0, 0.1) is 52.3 Å². The van der Waals surface area contributed by atoms with Gasteiger partial charge >= 0.3 is 5.69 Å². The molecule has 4 saturated carbocycles. The van der Waals surface area contributed by atoms with Crippen LogP contribution in [0.25, 0.3) is 0 Å². The maximum atomic E-state index is 13.3. The van der Waals surface area contributed by atoms with Gasteiger partial charge < -0.3 is 5.11 Å². The molecule has 0 unspecified atom stereocenters. The summed E-state index contributed by atoms with van der Waals surface area (Å²) in [5.41, 5.74) is -0.984. The van der Waals surface area contributed by atoms with Crippen LogP contribution in [0.1, 0.15) is 71.6 Å². The lowest BCUT2D eigenvalue weighted by Crippen LogP contribution is -2.51. The lowest BCUT2D eigenvalue weighted by atomic mass is 9.49. The van der Waals surface area contributed by atoms with E-state index in [4.69, 9.17) is 5.26 Å². The van der Waals surface area contributed by atoms with E-state index in [1.807, 2.05) is 13.0 Å². The molecule has 32 heavy (non-hydrogen) atoms. The molecule has 0 amide bonds. The van der Waals surface area contributed by atoms with Crippen LogP contribution < -0.4 is 5.69 Å². The normalized spacial score (nSPS) is 43.1. The number of ketones is 1. The Labute approximate surface area is 189 Å². The van der Waals surface area contributed by atoms with Crippen LogP contribution in [-0.2, 0) is 17.9 Å². The van der Waals surface area contributed by atoms with E-state index < -0.39 is 11.3 Å². The topological polar surface area (TPSA) is 114 Å². The van der Waals surface area contributed by atoms with Crippen molar-refractivity contribution in [3.8, 4) is 6.07 Å². The summed E-state index contributed by atoms with van der Waals surface area (Å²) in [4.78, 5) is 25.6. The summed E-state index contributed by atoms with van der Waals surface area (Å²) < 4.78 is 2.11. The van der Waals surface area contributed by atoms with E-state index in [0.29, 0.717) is 17.8 Å². The second-order valence-electron chi connectivity index (χ2n) is 11.6. The Balaban J connectivity index is 1.30. The van der Waals surface area contributed by atoms with Gasteiger partial charge in [-0.05, 0) is 110 Å². The molecule has 4 aliphatic rings. The quantitative estimate of drug-likeness (QED) is 0.768. The minimum Gasteiger partial charge on any atom is -0.390 e. The average molecular weight is 442 g/mol. The molecule has 8 atom stereocenters. The fourth-order valence-corrected chi connectivity index (χ4v) is 8.44. The van der Waals surface area contributed by atoms with E-state index >= 15 is 0 Å². The fourth-order valence-electron chi connectivity index (χ4n) is 8.44. The van der Waals surface area contributed by atoms with Gasteiger partial charge in [-0.1, -0.05) is 6.92 Å². The number of nitrogens with zero attached hydrogens (tertiary/aromatic N) is 5. The van der Waals surface area contributed by atoms with Crippen molar-refractivity contribution in [3.05, 3.63) is 10.5 Å². The van der Waals surface area contributed by atoms with Crippen LogP contribution in [0.4, 0.5) is 0 Å². The Morgan fingerprint density at radius 3 is 2.59 bits per heavy atom. The minimum absolute atomic E-state index is 0.00248. The number of hydrogen-bond donors (Lipinski definition) is 1. The van der Waals surface area contributed by atoms with Crippen molar-refractivity contribution in [2.75, 3.05) is 0 Å². The van der Waals surface area contributed by atoms with E-state index in [0.717, 1.165) is 59.7 Å². The Hall–Kier alpha value is -2.01. The summed E-state index contributed by atoms with van der Waals surface area (Å²) in [6.45, 7) is 4.11. The number of nitriles is 1. The number of fused-ring (bicyclic) bond motifs is 5. The van der Waals surface area contributed by atoms with Gasteiger partial charge in [0.25, 0.3) is 0 Å². The highest BCUT2D eigenvalue weighted by molar-refractivity contribution is 5.82. The van der Waals surface area contributed by atoms with Gasteiger partial charge in [-0.3, -0.25) is 4.79 Å². The average Bonchev–Trinajstić information content (AvgIpc) is 3.27. The Kier molecular flexibility index (Phi) is 5.31. The Bertz CT molecular complexity index is 990. The molecule has 0 bridgehead atoms. The lowest BCUT2D eigenvalue weighted by molar-refractivity contribution is -0.133. The lowest BCUT2D eigenvalue weighted by Gasteiger charge is -2.56. The molecule has 8 heteroatoms. The van der Waals surface area contributed by atoms with Gasteiger partial charge in [0.15, 0.2) is 5.78 Å². The van der Waals surface area contributed by atoms with E-state index in [1.165, 1.54) is 19.3 Å². The smallest absolute Gasteiger partial charge is 0.365 e. The zero-order chi connectivity index (χ0) is 22.7. The zero-order valence-corrected chi connectivity index (χ0v) is 19.2. The van der Waals surface area contributed by atoms with Crippen molar-refractivity contribution < 1.29 is 9.90 Å². The summed E-state index contributed by atoms with van der Waals surface area (Å²) in [5.74, 6) is 3.45. The third kappa shape index (κ3) is 3.44. The van der Waals surface area contributed by atoms with Crippen molar-refractivity contribution >= 4 is 5.78 Å². The maximum Gasteiger partial charge on any atom is 0.365 e. The van der Waals surface area contributed by atoms with Crippen molar-refractivity contribution in [2.24, 2.45) is 40.9 Å². The van der Waals surface area contributed by atoms with Gasteiger partial charge in [-0.2, -0.15) is 14.6 Å². The second kappa shape index (κ2) is 7.79. The van der Waals surface area contributed by atoms with E-state index in [9.17, 15) is 14.7 Å². The number of carbonyl (C=O) groups is 1. The number of carbonyl (C=O) groups excluding carboxylic acids is 1. The number of aromatic nitrogens is 4. The van der Waals surface area contributed by atoms with Gasteiger partial charge in [0, 0.05) is 5.92 Å². The summed E-state index contributed by atoms with van der Waals surface area (Å²) in [5, 5.41) is 26.9. The first-order valence-corrected chi connectivity index (χ1v) is 12.4. The predicted molar refractivity (Wildman–Crippen MR) is 116 cm³/mol. The van der Waals surface area contributed by atoms with Crippen molar-refractivity contribution in [1.82, 2.24) is 19.8 Å². The highest BCUT2D eigenvalue weighted by atomic mass is 16.3. The van der Waals surface area contributed by atoms with Crippen LogP contribution >= 0.6 is 0 Å². The molecule has 5 rings (SSSR count). The van der Waals surface area contributed by atoms with Crippen LogP contribution in [0.3, 0.4) is 0 Å². The number of hydrogen-bond acceptors (Lipinski definition) is 6. The van der Waals surface area contributed by atoms with Crippen LogP contribution in [0.5, 0.6) is 0 Å². The molecule has 1 heterocycles. The van der Waals surface area contributed by atoms with Gasteiger partial charge in [-0.15, -0.1) is 0 Å². The molecule has 0 aliphatic heterocycles. The SMILES string of the molecule is C[C@@]1(O)CC[C@H]2[C@H](CC[C@@H]3[C@@H]2CC[C@]2(C)[C@@H](C(=O)Cn4nnn(CC#N)c4=O)CC[C@@H]32)C1. The van der Waals surface area contributed by atoms with Crippen molar-refractivity contribution in [3.63, 3.8) is 0 Å². The molecule has 1 N–H and O–H groups in total. The number of rotatable bonds is 4. The highest BCUT2D eigenvalue weighted by Crippen LogP contribution is 2.64. The number of Topliss-reactive ketones (excluding diaryl/α,β-unsaturated/α-hetero) is 1. The van der Waals surface area contributed by atoms with E-state index in [2.05, 4.69) is 17.4 Å². The fraction of sp³-hybridized carbons (Fsp3) is 0.875. The molecule has 0 radical (unpaired) electrons. The molecule has 0 saturated heterocycles. The van der Waals surface area contributed by atoms with Gasteiger partial charge in [0.05, 0.1) is 11.7 Å². The van der Waals surface area contributed by atoms with Crippen LogP contribution in [0.2, 0.25) is 0 Å². The molecule has 1 aromatic rings. The summed E-state index contributed by atoms with van der Waals surface area (Å²) >= 11 is 0. The zero-order valence-electron chi connectivity index (χ0n) is 19.2. The van der Waals surface area contributed by atoms with Gasteiger partial charge in [0.2, 0.25) is 0 Å². The molecule has 1 aromatic heterocycles. The first kappa shape index (κ1) is 21.8. The molecule has 4 fully saturated rings. The molecule has 8 nitrogen and oxygen atoms in total. The second-order valence-corrected chi connectivity index (χ2v) is 11.6. The molecule has 0 spiro atoms. The van der Waals surface area contributed by atoms with Gasteiger partial charge in [0.1, 0.15) is 13.1 Å². The summed E-state index contributed by atoms with van der Waals surface area (Å²) in [6.07, 6.45) is 9.70. The molecule has 174 valence electrons. The standard InChI is InChI=1S/C24H35N5O3/c1-23(32)9-7-16-15(13-23)3-4-18-17(16)8-10-24(2)19(18)5-6-20(24)21(30)14-29-22(31)28(12-11-25)26-27-29/h15-20,32H,3-10,12-14H2,1-2H3/t15-,16+,17-,18-,19+,20-,23-,24+/m1/s1. The Morgan fingerprint density at radius 1 is 1.06 bits per heavy atom. The first-order chi connectivity index (χ1) is 15.2. The third-order valence-corrected chi connectivity index (χ3v) is 9.85. The van der Waals surface area contributed by atoms with Crippen LogP contribution in [-0.4, -0.2) is 36.3 Å².